The number of aromatic nitrogens is 1. The number of ether oxygens (including phenoxy) is 1. The van der Waals surface area contributed by atoms with E-state index in [1.165, 1.54) is 7.11 Å². The van der Waals surface area contributed by atoms with Crippen molar-refractivity contribution in [2.75, 3.05) is 7.11 Å². The molecule has 0 aliphatic carbocycles. The van der Waals surface area contributed by atoms with Crippen LogP contribution in [0.4, 0.5) is 0 Å². The second kappa shape index (κ2) is 4.06. The van der Waals surface area contributed by atoms with Gasteiger partial charge in [-0.25, -0.2) is 4.98 Å². The molecule has 1 aromatic heterocycles. The Hall–Kier alpha value is -1.62. The summed E-state index contributed by atoms with van der Waals surface area (Å²) in [6.45, 7) is 1.81. The highest BCUT2D eigenvalue weighted by Gasteiger charge is 2.19. The van der Waals surface area contributed by atoms with E-state index in [0.717, 1.165) is 5.56 Å². The molecule has 0 bridgehead atoms. The van der Waals surface area contributed by atoms with Crippen LogP contribution in [0.25, 0.3) is 0 Å². The molecule has 0 aliphatic heterocycles. The van der Waals surface area contributed by atoms with Crippen molar-refractivity contribution in [3.63, 3.8) is 0 Å². The fourth-order valence-electron chi connectivity index (χ4n) is 1.11. The minimum atomic E-state index is -1.10. The maximum Gasteiger partial charge on any atom is 0.325 e. The number of hydrogen-bond acceptors (Lipinski definition) is 4. The highest BCUT2D eigenvalue weighted by atomic mass is 16.5. The monoisotopic (exact) mass is 196 g/mol. The second-order valence-corrected chi connectivity index (χ2v) is 2.93. The van der Waals surface area contributed by atoms with E-state index < -0.39 is 12.0 Å². The normalized spacial score (nSPS) is 12.2. The topological polar surface area (TPSA) is 85.4 Å². The fraction of sp³-hybridized carbons (Fsp3) is 0.333. The van der Waals surface area contributed by atoms with E-state index in [2.05, 4.69) is 4.98 Å². The van der Waals surface area contributed by atoms with Gasteiger partial charge in [0.1, 0.15) is 6.04 Å². The van der Waals surface area contributed by atoms with Crippen LogP contribution in [0.15, 0.2) is 12.3 Å². The van der Waals surface area contributed by atoms with Gasteiger partial charge < -0.3 is 15.6 Å². The molecule has 1 rings (SSSR count). The predicted octanol–water partition coefficient (Wildman–Crippen LogP) is 0.483. The first-order valence-corrected chi connectivity index (χ1v) is 4.05. The van der Waals surface area contributed by atoms with Crippen LogP contribution >= 0.6 is 0 Å². The number of rotatable bonds is 3. The number of methoxy groups -OCH3 is 1. The lowest BCUT2D eigenvalue weighted by Crippen LogP contribution is -2.21. The van der Waals surface area contributed by atoms with Crippen molar-refractivity contribution in [1.29, 1.82) is 0 Å². The van der Waals surface area contributed by atoms with Gasteiger partial charge in [0.25, 0.3) is 0 Å². The predicted molar refractivity (Wildman–Crippen MR) is 50.1 cm³/mol. The van der Waals surface area contributed by atoms with E-state index in [0.29, 0.717) is 5.56 Å². The van der Waals surface area contributed by atoms with Gasteiger partial charge in [-0.3, -0.25) is 4.79 Å². The summed E-state index contributed by atoms with van der Waals surface area (Å²) in [7, 11) is 1.43. The molecule has 0 unspecified atom stereocenters. The van der Waals surface area contributed by atoms with Crippen LogP contribution in [-0.4, -0.2) is 23.2 Å². The molecular weight excluding hydrogens is 184 g/mol. The highest BCUT2D eigenvalue weighted by Crippen LogP contribution is 2.22. The van der Waals surface area contributed by atoms with Crippen LogP contribution in [0, 0.1) is 6.92 Å². The number of carbonyl (C=O) groups is 1. The first-order valence-electron chi connectivity index (χ1n) is 4.05. The van der Waals surface area contributed by atoms with Gasteiger partial charge in [0.05, 0.1) is 7.11 Å². The Morgan fingerprint density at radius 2 is 2.36 bits per heavy atom. The van der Waals surface area contributed by atoms with Crippen molar-refractivity contribution in [3.8, 4) is 5.88 Å². The zero-order valence-corrected chi connectivity index (χ0v) is 8.02. The van der Waals surface area contributed by atoms with Crippen molar-refractivity contribution >= 4 is 5.97 Å². The van der Waals surface area contributed by atoms with Gasteiger partial charge >= 0.3 is 5.97 Å². The molecule has 0 spiro atoms. The molecule has 76 valence electrons. The first kappa shape index (κ1) is 10.5. The van der Waals surface area contributed by atoms with Gasteiger partial charge in [0.2, 0.25) is 5.88 Å². The number of aliphatic carboxylic acids is 1. The average molecular weight is 196 g/mol. The number of aryl methyl sites for hydroxylation is 1. The minimum absolute atomic E-state index is 0.255. The molecular formula is C9H12N2O3. The molecule has 0 saturated heterocycles. The number of pyridine rings is 1. The average Bonchev–Trinajstić information content (AvgIpc) is 2.16. The summed E-state index contributed by atoms with van der Waals surface area (Å²) in [5.74, 6) is -0.846. The molecule has 1 heterocycles. The number of carboxylic acids is 1. The Balaban J connectivity index is 3.16. The molecule has 5 nitrogen and oxygen atoms in total. The molecule has 3 N–H and O–H groups in total. The largest absolute Gasteiger partial charge is 0.481 e. The summed E-state index contributed by atoms with van der Waals surface area (Å²) in [6, 6.07) is 0.558. The number of carboxylic acid groups (broad SMARTS) is 1. The third kappa shape index (κ3) is 2.00. The molecule has 0 radical (unpaired) electrons. The second-order valence-electron chi connectivity index (χ2n) is 2.93. The fourth-order valence-corrected chi connectivity index (χ4v) is 1.11. The molecule has 0 saturated carbocycles. The molecule has 0 amide bonds. The molecule has 0 fully saturated rings. The first-order chi connectivity index (χ1) is 6.56. The summed E-state index contributed by atoms with van der Waals surface area (Å²) < 4.78 is 4.92. The van der Waals surface area contributed by atoms with E-state index in [1.807, 2.05) is 6.92 Å². The Morgan fingerprint density at radius 1 is 1.71 bits per heavy atom. The van der Waals surface area contributed by atoms with Crippen LogP contribution in [0.2, 0.25) is 0 Å². The quantitative estimate of drug-likeness (QED) is 0.734. The van der Waals surface area contributed by atoms with Gasteiger partial charge in [-0.15, -0.1) is 0 Å². The molecule has 0 aliphatic rings. The number of hydrogen-bond donors (Lipinski definition) is 2. The van der Waals surface area contributed by atoms with Crippen molar-refractivity contribution in [2.45, 2.75) is 13.0 Å². The molecule has 14 heavy (non-hydrogen) atoms. The minimum Gasteiger partial charge on any atom is -0.481 e. The summed E-state index contributed by atoms with van der Waals surface area (Å²) in [5.41, 5.74) is 6.70. The Labute approximate surface area is 81.5 Å². The Bertz CT molecular complexity index is 352. The van der Waals surface area contributed by atoms with Crippen LogP contribution in [0.1, 0.15) is 17.2 Å². The van der Waals surface area contributed by atoms with Crippen LogP contribution in [-0.2, 0) is 4.79 Å². The third-order valence-electron chi connectivity index (χ3n) is 1.81. The number of nitrogens with two attached hydrogens (primary N) is 1. The van der Waals surface area contributed by atoms with Crippen LogP contribution in [0.5, 0.6) is 5.88 Å². The lowest BCUT2D eigenvalue weighted by atomic mass is 10.1. The summed E-state index contributed by atoms with van der Waals surface area (Å²) >= 11 is 0. The lowest BCUT2D eigenvalue weighted by molar-refractivity contribution is -0.138. The van der Waals surface area contributed by atoms with Crippen molar-refractivity contribution < 1.29 is 14.6 Å². The van der Waals surface area contributed by atoms with E-state index in [1.54, 1.807) is 12.3 Å². The van der Waals surface area contributed by atoms with Crippen molar-refractivity contribution in [1.82, 2.24) is 4.98 Å². The Kier molecular flexibility index (Phi) is 3.03. The summed E-state index contributed by atoms with van der Waals surface area (Å²) in [5, 5.41) is 8.74. The molecule has 5 heteroatoms. The molecule has 0 aromatic carbocycles. The zero-order valence-electron chi connectivity index (χ0n) is 8.02. The SMILES string of the molecule is COc1ncc(C)cc1[C@@H](N)C(=O)O. The third-order valence-corrected chi connectivity index (χ3v) is 1.81. The highest BCUT2D eigenvalue weighted by molar-refractivity contribution is 5.76. The van der Waals surface area contributed by atoms with E-state index in [-0.39, 0.29) is 5.88 Å². The Morgan fingerprint density at radius 3 is 2.86 bits per heavy atom. The molecule has 1 atom stereocenters. The summed E-state index contributed by atoms with van der Waals surface area (Å²) in [4.78, 5) is 14.6. The van der Waals surface area contributed by atoms with E-state index >= 15 is 0 Å². The standard InChI is InChI=1S/C9H12N2O3/c1-5-3-6(7(10)9(12)13)8(14-2)11-4-5/h3-4,7H,10H2,1-2H3,(H,12,13)/t7-/m1/s1. The smallest absolute Gasteiger partial charge is 0.325 e. The van der Waals surface area contributed by atoms with Gasteiger partial charge in [-0.1, -0.05) is 0 Å². The molecule has 1 aromatic rings. The van der Waals surface area contributed by atoms with Gasteiger partial charge in [0, 0.05) is 11.8 Å². The number of nitrogens with zero attached hydrogens (tertiary/aromatic N) is 1. The zero-order chi connectivity index (χ0) is 10.7. The lowest BCUT2D eigenvalue weighted by Gasteiger charge is -2.11. The van der Waals surface area contributed by atoms with Gasteiger partial charge in [-0.05, 0) is 18.6 Å². The van der Waals surface area contributed by atoms with Gasteiger partial charge in [-0.2, -0.15) is 0 Å². The maximum absolute atomic E-state index is 10.7. The van der Waals surface area contributed by atoms with Gasteiger partial charge in [0.15, 0.2) is 0 Å². The maximum atomic E-state index is 10.7. The van der Waals surface area contributed by atoms with E-state index in [9.17, 15) is 4.79 Å². The summed E-state index contributed by atoms with van der Waals surface area (Å²) in [6.07, 6.45) is 1.59. The van der Waals surface area contributed by atoms with E-state index in [4.69, 9.17) is 15.6 Å². The van der Waals surface area contributed by atoms with Crippen molar-refractivity contribution in [3.05, 3.63) is 23.4 Å². The van der Waals surface area contributed by atoms with Crippen LogP contribution in [0.3, 0.4) is 0 Å². The van der Waals surface area contributed by atoms with Crippen molar-refractivity contribution in [2.24, 2.45) is 5.73 Å². The van der Waals surface area contributed by atoms with Crippen LogP contribution < -0.4 is 10.5 Å².